The van der Waals surface area contributed by atoms with Gasteiger partial charge in [-0.2, -0.15) is 5.10 Å². The molecule has 0 aliphatic rings. The fourth-order valence-corrected chi connectivity index (χ4v) is 2.54. The van der Waals surface area contributed by atoms with Crippen molar-refractivity contribution >= 4 is 10.9 Å². The van der Waals surface area contributed by atoms with Crippen LogP contribution in [-0.4, -0.2) is 21.0 Å². The fourth-order valence-electron chi connectivity index (χ4n) is 2.54. The highest BCUT2D eigenvalue weighted by Crippen LogP contribution is 2.20. The highest BCUT2D eigenvalue weighted by molar-refractivity contribution is 5.81. The van der Waals surface area contributed by atoms with E-state index in [1.165, 1.54) is 23.7 Å². The summed E-state index contributed by atoms with van der Waals surface area (Å²) < 4.78 is 2.02. The van der Waals surface area contributed by atoms with E-state index >= 15 is 0 Å². The lowest BCUT2D eigenvalue weighted by Crippen LogP contribution is -2.11. The number of rotatable bonds is 7. The lowest BCUT2D eigenvalue weighted by molar-refractivity contribution is 0.160. The number of hydrogen-bond acceptors (Lipinski definition) is 2. The van der Waals surface area contributed by atoms with Crippen LogP contribution in [0.3, 0.4) is 0 Å². The third-order valence-corrected chi connectivity index (χ3v) is 3.60. The van der Waals surface area contributed by atoms with Gasteiger partial charge in [0.1, 0.15) is 0 Å². The average molecular weight is 260 g/mol. The smallest absolute Gasteiger partial charge is 0.0729 e. The summed E-state index contributed by atoms with van der Waals surface area (Å²) >= 11 is 0. The molecule has 19 heavy (non-hydrogen) atoms. The summed E-state index contributed by atoms with van der Waals surface area (Å²) in [5.74, 6) is 0. The van der Waals surface area contributed by atoms with Gasteiger partial charge in [-0.25, -0.2) is 0 Å². The Kier molecular flexibility index (Phi) is 4.97. The molecule has 0 saturated carbocycles. The second-order valence-electron chi connectivity index (χ2n) is 5.13. The minimum atomic E-state index is -0.268. The summed E-state index contributed by atoms with van der Waals surface area (Å²) in [6, 6.07) is 8.27. The molecule has 0 fully saturated rings. The van der Waals surface area contributed by atoms with Crippen LogP contribution in [0.4, 0.5) is 0 Å². The van der Waals surface area contributed by atoms with E-state index in [0.717, 1.165) is 25.1 Å². The highest BCUT2D eigenvalue weighted by atomic mass is 16.3. The first-order valence-electron chi connectivity index (χ1n) is 7.38. The average Bonchev–Trinajstić information content (AvgIpc) is 2.77. The zero-order chi connectivity index (χ0) is 13.7. The van der Waals surface area contributed by atoms with E-state index in [1.807, 2.05) is 16.8 Å². The third kappa shape index (κ3) is 3.35. The number of hydrogen-bond donors (Lipinski definition) is 1. The van der Waals surface area contributed by atoms with Gasteiger partial charge < -0.3 is 5.11 Å². The minimum absolute atomic E-state index is 0.268. The van der Waals surface area contributed by atoms with Crippen molar-refractivity contribution in [1.82, 2.24) is 9.78 Å². The van der Waals surface area contributed by atoms with Gasteiger partial charge in [-0.15, -0.1) is 0 Å². The van der Waals surface area contributed by atoms with Crippen molar-refractivity contribution < 1.29 is 5.11 Å². The summed E-state index contributed by atoms with van der Waals surface area (Å²) in [5.41, 5.74) is 2.20. The minimum Gasteiger partial charge on any atom is -0.393 e. The molecule has 0 amide bonds. The number of benzene rings is 1. The Hall–Kier alpha value is -1.35. The molecule has 0 bridgehead atoms. The topological polar surface area (TPSA) is 38.1 Å². The third-order valence-electron chi connectivity index (χ3n) is 3.60. The molecule has 1 unspecified atom stereocenters. The predicted molar refractivity (Wildman–Crippen MR) is 79.3 cm³/mol. The Balaban J connectivity index is 2.12. The molecule has 2 rings (SSSR count). The van der Waals surface area contributed by atoms with E-state index < -0.39 is 0 Å². The van der Waals surface area contributed by atoms with E-state index in [2.05, 4.69) is 31.1 Å². The van der Waals surface area contributed by atoms with Crippen molar-refractivity contribution in [3.8, 4) is 0 Å². The van der Waals surface area contributed by atoms with Crippen molar-refractivity contribution in [2.75, 3.05) is 0 Å². The number of aliphatic hydroxyl groups is 1. The summed E-state index contributed by atoms with van der Waals surface area (Å²) in [6.07, 6.45) is 4.76. The molecule has 2 aromatic rings. The number of aryl methyl sites for hydroxylation is 1. The summed E-state index contributed by atoms with van der Waals surface area (Å²) in [5, 5.41) is 15.9. The lowest BCUT2D eigenvalue weighted by atomic mass is 10.0. The second kappa shape index (κ2) is 6.71. The van der Waals surface area contributed by atoms with E-state index in [1.54, 1.807) is 0 Å². The van der Waals surface area contributed by atoms with E-state index in [9.17, 15) is 5.11 Å². The van der Waals surface area contributed by atoms with Crippen molar-refractivity contribution in [3.63, 3.8) is 0 Å². The quantitative estimate of drug-likeness (QED) is 0.773. The molecule has 1 N–H and O–H groups in total. The van der Waals surface area contributed by atoms with E-state index in [4.69, 9.17) is 0 Å². The maximum Gasteiger partial charge on any atom is 0.0729 e. The number of aliphatic hydroxyl groups excluding tert-OH is 1. The summed E-state index contributed by atoms with van der Waals surface area (Å²) in [6.45, 7) is 5.15. The summed E-state index contributed by atoms with van der Waals surface area (Å²) in [7, 11) is 0. The fraction of sp³-hybridized carbons (Fsp3) is 0.562. The van der Waals surface area contributed by atoms with Crippen LogP contribution in [-0.2, 0) is 13.0 Å². The molecule has 0 aliphatic carbocycles. The van der Waals surface area contributed by atoms with Crippen LogP contribution in [0.5, 0.6) is 0 Å². The molecule has 0 spiro atoms. The van der Waals surface area contributed by atoms with Gasteiger partial charge in [0.25, 0.3) is 0 Å². The monoisotopic (exact) mass is 260 g/mol. The first-order valence-corrected chi connectivity index (χ1v) is 7.38. The zero-order valence-electron chi connectivity index (χ0n) is 12.0. The molecule has 1 aromatic carbocycles. The number of aromatic nitrogens is 2. The van der Waals surface area contributed by atoms with E-state index in [-0.39, 0.29) is 6.10 Å². The zero-order valence-corrected chi connectivity index (χ0v) is 12.0. The Bertz CT molecular complexity index is 518. The van der Waals surface area contributed by atoms with Gasteiger partial charge in [-0.3, -0.25) is 4.68 Å². The van der Waals surface area contributed by atoms with Gasteiger partial charge in [0.15, 0.2) is 0 Å². The SMILES string of the molecule is CCCCCC(O)Cc1nn(CC)c2ccccc12. The molecule has 104 valence electrons. The van der Waals surface area contributed by atoms with Gasteiger partial charge in [0.2, 0.25) is 0 Å². The highest BCUT2D eigenvalue weighted by Gasteiger charge is 2.13. The van der Waals surface area contributed by atoms with Crippen LogP contribution in [0.1, 0.15) is 45.2 Å². The van der Waals surface area contributed by atoms with Gasteiger partial charge in [0, 0.05) is 18.4 Å². The number of unbranched alkanes of at least 4 members (excludes halogenated alkanes) is 2. The largest absolute Gasteiger partial charge is 0.393 e. The molecular weight excluding hydrogens is 236 g/mol. The van der Waals surface area contributed by atoms with Crippen molar-refractivity contribution in [2.24, 2.45) is 0 Å². The van der Waals surface area contributed by atoms with Crippen LogP contribution in [0.2, 0.25) is 0 Å². The van der Waals surface area contributed by atoms with Gasteiger partial charge in [-0.05, 0) is 19.4 Å². The van der Waals surface area contributed by atoms with Gasteiger partial charge in [-0.1, -0.05) is 44.4 Å². The van der Waals surface area contributed by atoms with Crippen molar-refractivity contribution in [1.29, 1.82) is 0 Å². The molecule has 0 saturated heterocycles. The lowest BCUT2D eigenvalue weighted by Gasteiger charge is -2.08. The molecule has 1 atom stereocenters. The number of fused-ring (bicyclic) bond motifs is 1. The molecule has 0 radical (unpaired) electrons. The first kappa shape index (κ1) is 14.1. The van der Waals surface area contributed by atoms with Crippen molar-refractivity contribution in [2.45, 2.75) is 58.6 Å². The van der Waals surface area contributed by atoms with Crippen LogP contribution < -0.4 is 0 Å². The van der Waals surface area contributed by atoms with Crippen LogP contribution in [0.15, 0.2) is 24.3 Å². The summed E-state index contributed by atoms with van der Waals surface area (Å²) in [4.78, 5) is 0. The Morgan fingerprint density at radius 2 is 2.00 bits per heavy atom. The maximum atomic E-state index is 10.1. The second-order valence-corrected chi connectivity index (χ2v) is 5.13. The van der Waals surface area contributed by atoms with Gasteiger partial charge >= 0.3 is 0 Å². The van der Waals surface area contributed by atoms with Crippen LogP contribution >= 0.6 is 0 Å². The Morgan fingerprint density at radius 3 is 2.74 bits per heavy atom. The molecular formula is C16H24N2O. The van der Waals surface area contributed by atoms with Gasteiger partial charge in [0.05, 0.1) is 17.3 Å². The molecule has 1 aromatic heterocycles. The van der Waals surface area contributed by atoms with Crippen LogP contribution in [0, 0.1) is 0 Å². The molecule has 3 heteroatoms. The molecule has 0 aliphatic heterocycles. The Morgan fingerprint density at radius 1 is 1.21 bits per heavy atom. The first-order chi connectivity index (χ1) is 9.26. The standard InChI is InChI=1S/C16H24N2O/c1-3-5-6-9-13(19)12-15-14-10-7-8-11-16(14)18(4-2)17-15/h7-8,10-11,13,19H,3-6,9,12H2,1-2H3. The Labute approximate surface area is 115 Å². The maximum absolute atomic E-state index is 10.1. The predicted octanol–water partition coefficient (Wildman–Crippen LogP) is 3.54. The number of para-hydroxylation sites is 1. The molecule has 3 nitrogen and oxygen atoms in total. The van der Waals surface area contributed by atoms with Crippen molar-refractivity contribution in [3.05, 3.63) is 30.0 Å². The normalized spacial score (nSPS) is 13.0. The molecule has 1 heterocycles. The number of nitrogens with zero attached hydrogens (tertiary/aromatic N) is 2. The van der Waals surface area contributed by atoms with Crippen LogP contribution in [0.25, 0.3) is 10.9 Å². The van der Waals surface area contributed by atoms with E-state index in [0.29, 0.717) is 6.42 Å².